The van der Waals surface area contributed by atoms with E-state index in [0.29, 0.717) is 0 Å². The second-order valence-corrected chi connectivity index (χ2v) is 5.30. The van der Waals surface area contributed by atoms with Crippen LogP contribution in [0, 0.1) is 13.8 Å². The highest BCUT2D eigenvalue weighted by atomic mass is 16.2. The quantitative estimate of drug-likeness (QED) is 0.943. The molecule has 0 aliphatic carbocycles. The molecule has 1 amide bonds. The number of amides is 1. The molecule has 0 fully saturated rings. The van der Waals surface area contributed by atoms with Crippen molar-refractivity contribution in [2.24, 2.45) is 0 Å². The van der Waals surface area contributed by atoms with Crippen LogP contribution in [0.4, 0.5) is 5.69 Å². The summed E-state index contributed by atoms with van der Waals surface area (Å²) in [4.78, 5) is 23.9. The van der Waals surface area contributed by atoms with Gasteiger partial charge in [-0.2, -0.15) is 5.10 Å². The first kappa shape index (κ1) is 15.0. The van der Waals surface area contributed by atoms with Crippen LogP contribution in [0.15, 0.2) is 35.1 Å². The van der Waals surface area contributed by atoms with Gasteiger partial charge in [-0.25, -0.2) is 4.68 Å². The molecule has 5 nitrogen and oxygen atoms in total. The molecule has 5 heteroatoms. The minimum Gasteiger partial charge on any atom is -0.320 e. The number of carbonyl (C=O) groups excluding carboxylic acids is 1. The number of benzene rings is 1. The number of nitrogens with zero attached hydrogens (tertiary/aromatic N) is 2. The summed E-state index contributed by atoms with van der Waals surface area (Å²) in [6.07, 6.45) is 0. The van der Waals surface area contributed by atoms with Crippen LogP contribution in [0.2, 0.25) is 0 Å². The third kappa shape index (κ3) is 3.18. The molecule has 0 spiro atoms. The third-order valence-electron chi connectivity index (χ3n) is 3.40. The van der Waals surface area contributed by atoms with Crippen LogP contribution in [0.25, 0.3) is 0 Å². The van der Waals surface area contributed by atoms with Gasteiger partial charge in [0.2, 0.25) is 0 Å². The Morgan fingerprint density at radius 2 is 1.90 bits per heavy atom. The van der Waals surface area contributed by atoms with Crippen LogP contribution in [-0.4, -0.2) is 15.7 Å². The molecule has 1 aromatic heterocycles. The van der Waals surface area contributed by atoms with Crippen LogP contribution >= 0.6 is 0 Å². The highest BCUT2D eigenvalue weighted by molar-refractivity contribution is 6.03. The van der Waals surface area contributed by atoms with Crippen molar-refractivity contribution in [1.29, 1.82) is 0 Å². The van der Waals surface area contributed by atoms with E-state index in [1.54, 1.807) is 0 Å². The number of nitrogens with one attached hydrogen (secondary N) is 1. The zero-order valence-electron chi connectivity index (χ0n) is 12.7. The summed E-state index contributed by atoms with van der Waals surface area (Å²) < 4.78 is 1.30. The van der Waals surface area contributed by atoms with Crippen molar-refractivity contribution < 1.29 is 4.79 Å². The molecule has 0 saturated carbocycles. The monoisotopic (exact) mass is 285 g/mol. The molecule has 0 aliphatic heterocycles. The van der Waals surface area contributed by atoms with E-state index >= 15 is 0 Å². The fourth-order valence-corrected chi connectivity index (χ4v) is 1.99. The topological polar surface area (TPSA) is 64.0 Å². The van der Waals surface area contributed by atoms with Gasteiger partial charge in [-0.15, -0.1) is 0 Å². The number of rotatable bonds is 3. The molecule has 2 aromatic rings. The van der Waals surface area contributed by atoms with Gasteiger partial charge in [-0.3, -0.25) is 9.59 Å². The Bertz CT molecular complexity index is 733. The largest absolute Gasteiger partial charge is 0.320 e. The molecule has 2 rings (SSSR count). The van der Waals surface area contributed by atoms with Gasteiger partial charge in [0.05, 0.1) is 6.04 Å². The lowest BCUT2D eigenvalue weighted by molar-refractivity contribution is 0.101. The van der Waals surface area contributed by atoms with Gasteiger partial charge in [-0.1, -0.05) is 12.1 Å². The van der Waals surface area contributed by atoms with E-state index in [4.69, 9.17) is 0 Å². The lowest BCUT2D eigenvalue weighted by Gasteiger charge is -2.12. The number of hydrogen-bond donors (Lipinski definition) is 1. The minimum atomic E-state index is -0.321. The van der Waals surface area contributed by atoms with E-state index in [9.17, 15) is 9.59 Å². The van der Waals surface area contributed by atoms with Crippen molar-refractivity contribution in [2.75, 3.05) is 5.32 Å². The van der Waals surface area contributed by atoms with Crippen molar-refractivity contribution in [1.82, 2.24) is 9.78 Å². The summed E-state index contributed by atoms with van der Waals surface area (Å²) in [6, 6.07) is 8.44. The van der Waals surface area contributed by atoms with Crippen LogP contribution in [0.3, 0.4) is 0 Å². The Kier molecular flexibility index (Phi) is 4.21. The summed E-state index contributed by atoms with van der Waals surface area (Å²) in [5, 5.41) is 6.95. The third-order valence-corrected chi connectivity index (χ3v) is 3.40. The zero-order chi connectivity index (χ0) is 15.6. The Morgan fingerprint density at radius 3 is 2.57 bits per heavy atom. The molecular formula is C16H19N3O2. The first-order chi connectivity index (χ1) is 9.90. The van der Waals surface area contributed by atoms with E-state index in [0.717, 1.165) is 16.8 Å². The van der Waals surface area contributed by atoms with Crippen LogP contribution < -0.4 is 10.9 Å². The number of aryl methyl sites for hydroxylation is 1. The van der Waals surface area contributed by atoms with Crippen molar-refractivity contribution in [3.63, 3.8) is 0 Å². The molecule has 21 heavy (non-hydrogen) atoms. The maximum Gasteiger partial charge on any atom is 0.276 e. The molecule has 0 bridgehead atoms. The standard InChI is InChI=1S/C16H19N3O2/c1-10(2)19-15(20)9-8-14(18-19)16(21)17-13-7-5-6-11(3)12(13)4/h5-10H,1-4H3,(H,17,21). The van der Waals surface area contributed by atoms with Crippen molar-refractivity contribution in [3.05, 3.63) is 57.5 Å². The molecule has 1 aromatic carbocycles. The fraction of sp³-hybridized carbons (Fsp3) is 0.312. The summed E-state index contributed by atoms with van der Waals surface area (Å²) in [7, 11) is 0. The predicted octanol–water partition coefficient (Wildman–Crippen LogP) is 2.69. The normalized spacial score (nSPS) is 10.7. The molecule has 0 aliphatic rings. The first-order valence-electron chi connectivity index (χ1n) is 6.87. The van der Waals surface area contributed by atoms with E-state index in [1.807, 2.05) is 45.9 Å². The molecular weight excluding hydrogens is 266 g/mol. The van der Waals surface area contributed by atoms with Crippen molar-refractivity contribution >= 4 is 11.6 Å². The number of carbonyl (C=O) groups is 1. The Labute approximate surface area is 123 Å². The summed E-state index contributed by atoms with van der Waals surface area (Å²) in [5.41, 5.74) is 2.89. The SMILES string of the molecule is Cc1cccc(NC(=O)c2ccc(=O)n(C(C)C)n2)c1C. The second-order valence-electron chi connectivity index (χ2n) is 5.30. The lowest BCUT2D eigenvalue weighted by atomic mass is 10.1. The maximum absolute atomic E-state index is 12.3. The van der Waals surface area contributed by atoms with Gasteiger partial charge >= 0.3 is 0 Å². The second kappa shape index (κ2) is 5.91. The Hall–Kier alpha value is -2.43. The first-order valence-corrected chi connectivity index (χ1v) is 6.87. The van der Waals surface area contributed by atoms with E-state index in [2.05, 4.69) is 10.4 Å². The van der Waals surface area contributed by atoms with Crippen LogP contribution in [0.5, 0.6) is 0 Å². The average Bonchev–Trinajstić information content (AvgIpc) is 2.44. The molecule has 0 saturated heterocycles. The van der Waals surface area contributed by atoms with E-state index in [-0.39, 0.29) is 23.2 Å². The summed E-state index contributed by atoms with van der Waals surface area (Å²) in [6.45, 7) is 7.64. The summed E-state index contributed by atoms with van der Waals surface area (Å²) in [5.74, 6) is -0.321. The number of anilines is 1. The molecule has 1 heterocycles. The lowest BCUT2D eigenvalue weighted by Crippen LogP contribution is -2.27. The molecule has 0 radical (unpaired) electrons. The molecule has 1 N–H and O–H groups in total. The zero-order valence-corrected chi connectivity index (χ0v) is 12.7. The maximum atomic E-state index is 12.3. The minimum absolute atomic E-state index is 0.0917. The molecule has 0 atom stereocenters. The van der Waals surface area contributed by atoms with Crippen molar-refractivity contribution in [3.8, 4) is 0 Å². The van der Waals surface area contributed by atoms with Gasteiger partial charge in [0, 0.05) is 11.8 Å². The highest BCUT2D eigenvalue weighted by Crippen LogP contribution is 2.18. The fourth-order valence-electron chi connectivity index (χ4n) is 1.99. The molecule has 110 valence electrons. The van der Waals surface area contributed by atoms with E-state index < -0.39 is 0 Å². The van der Waals surface area contributed by atoms with E-state index in [1.165, 1.54) is 16.8 Å². The molecule has 0 unspecified atom stereocenters. The highest BCUT2D eigenvalue weighted by Gasteiger charge is 2.12. The van der Waals surface area contributed by atoms with Crippen LogP contribution in [0.1, 0.15) is 41.5 Å². The number of aromatic nitrogens is 2. The van der Waals surface area contributed by atoms with Gasteiger partial charge in [0.15, 0.2) is 0 Å². The average molecular weight is 285 g/mol. The predicted molar refractivity (Wildman–Crippen MR) is 82.8 cm³/mol. The number of hydrogen-bond acceptors (Lipinski definition) is 3. The Morgan fingerprint density at radius 1 is 1.19 bits per heavy atom. The van der Waals surface area contributed by atoms with Crippen LogP contribution in [-0.2, 0) is 0 Å². The van der Waals surface area contributed by atoms with Crippen molar-refractivity contribution in [2.45, 2.75) is 33.7 Å². The van der Waals surface area contributed by atoms with Gasteiger partial charge in [0.1, 0.15) is 5.69 Å². The Balaban J connectivity index is 2.31. The van der Waals surface area contributed by atoms with Gasteiger partial charge in [-0.05, 0) is 51.0 Å². The summed E-state index contributed by atoms with van der Waals surface area (Å²) >= 11 is 0. The van der Waals surface area contributed by atoms with Gasteiger partial charge < -0.3 is 5.32 Å². The van der Waals surface area contributed by atoms with Gasteiger partial charge in [0.25, 0.3) is 11.5 Å². The smallest absolute Gasteiger partial charge is 0.276 e.